The van der Waals surface area contributed by atoms with Crippen molar-refractivity contribution in [2.45, 2.75) is 32.9 Å². The highest BCUT2D eigenvalue weighted by molar-refractivity contribution is 7.07. The maximum atomic E-state index is 10.0. The van der Waals surface area contributed by atoms with Gasteiger partial charge in [-0.15, -0.1) is 0 Å². The molecule has 2 unspecified atom stereocenters. The number of furan rings is 1. The zero-order chi connectivity index (χ0) is 13.1. The van der Waals surface area contributed by atoms with Crippen LogP contribution in [0.5, 0.6) is 0 Å². The van der Waals surface area contributed by atoms with Crippen molar-refractivity contribution in [1.82, 2.24) is 5.32 Å². The molecule has 0 spiro atoms. The lowest BCUT2D eigenvalue weighted by Gasteiger charge is -2.16. The van der Waals surface area contributed by atoms with Gasteiger partial charge in [0.1, 0.15) is 11.5 Å². The second-order valence-corrected chi connectivity index (χ2v) is 5.35. The molecule has 2 heterocycles. The first kappa shape index (κ1) is 13.3. The van der Waals surface area contributed by atoms with Crippen LogP contribution >= 0.6 is 11.3 Å². The molecule has 2 N–H and O–H groups in total. The zero-order valence-electron chi connectivity index (χ0n) is 10.9. The van der Waals surface area contributed by atoms with E-state index in [2.05, 4.69) is 12.2 Å². The molecule has 0 saturated heterocycles. The Morgan fingerprint density at radius 1 is 1.44 bits per heavy atom. The lowest BCUT2D eigenvalue weighted by molar-refractivity contribution is 0.171. The molecule has 2 aromatic rings. The molecule has 3 nitrogen and oxygen atoms in total. The van der Waals surface area contributed by atoms with Gasteiger partial charge in [-0.25, -0.2) is 0 Å². The van der Waals surface area contributed by atoms with E-state index in [0.29, 0.717) is 6.54 Å². The number of rotatable bonds is 5. The second-order valence-electron chi connectivity index (χ2n) is 4.57. The van der Waals surface area contributed by atoms with Crippen LogP contribution in [0, 0.1) is 13.8 Å². The zero-order valence-corrected chi connectivity index (χ0v) is 11.8. The summed E-state index contributed by atoms with van der Waals surface area (Å²) in [4.78, 5) is 0. The Labute approximate surface area is 111 Å². The van der Waals surface area contributed by atoms with Crippen LogP contribution in [0.25, 0.3) is 0 Å². The quantitative estimate of drug-likeness (QED) is 0.871. The minimum atomic E-state index is -0.452. The van der Waals surface area contributed by atoms with Crippen molar-refractivity contribution >= 4 is 11.3 Å². The van der Waals surface area contributed by atoms with Gasteiger partial charge in [0.2, 0.25) is 0 Å². The van der Waals surface area contributed by atoms with Crippen LogP contribution in [0.4, 0.5) is 0 Å². The molecule has 2 rings (SSSR count). The average Bonchev–Trinajstić information content (AvgIpc) is 2.95. The molecule has 0 bridgehead atoms. The molecule has 0 radical (unpaired) electrons. The van der Waals surface area contributed by atoms with Crippen LogP contribution in [0.1, 0.15) is 41.7 Å². The lowest BCUT2D eigenvalue weighted by Crippen LogP contribution is -2.24. The molecule has 0 fully saturated rings. The predicted octanol–water partition coefficient (Wildman–Crippen LogP) is 3.34. The first-order valence-corrected chi connectivity index (χ1v) is 7.02. The number of aliphatic hydroxyl groups is 1. The van der Waals surface area contributed by atoms with E-state index in [-0.39, 0.29) is 6.04 Å². The molecule has 18 heavy (non-hydrogen) atoms. The largest absolute Gasteiger partial charge is 0.466 e. The molecule has 0 aliphatic carbocycles. The van der Waals surface area contributed by atoms with E-state index in [0.717, 1.165) is 22.6 Å². The fourth-order valence-electron chi connectivity index (χ4n) is 2.06. The third kappa shape index (κ3) is 3.02. The standard InChI is InChI=1S/C14H19NO2S/c1-9-6-13(11(3)17-9)10(2)15-7-14(16)12-4-5-18-8-12/h4-6,8,10,14-16H,7H2,1-3H3. The van der Waals surface area contributed by atoms with E-state index in [4.69, 9.17) is 4.42 Å². The van der Waals surface area contributed by atoms with E-state index >= 15 is 0 Å². The van der Waals surface area contributed by atoms with Gasteiger partial charge in [-0.05, 0) is 49.2 Å². The smallest absolute Gasteiger partial charge is 0.105 e. The van der Waals surface area contributed by atoms with E-state index in [1.54, 1.807) is 11.3 Å². The Hall–Kier alpha value is -1.10. The summed E-state index contributed by atoms with van der Waals surface area (Å²) in [6.07, 6.45) is -0.452. The summed E-state index contributed by atoms with van der Waals surface area (Å²) >= 11 is 1.60. The van der Waals surface area contributed by atoms with Gasteiger partial charge in [-0.1, -0.05) is 0 Å². The molecule has 4 heteroatoms. The number of nitrogens with one attached hydrogen (secondary N) is 1. The predicted molar refractivity (Wildman–Crippen MR) is 73.9 cm³/mol. The first-order valence-electron chi connectivity index (χ1n) is 6.08. The molecule has 0 amide bonds. The van der Waals surface area contributed by atoms with Crippen LogP contribution in [-0.2, 0) is 0 Å². The Morgan fingerprint density at radius 3 is 2.78 bits per heavy atom. The SMILES string of the molecule is Cc1cc(C(C)NCC(O)c2ccsc2)c(C)o1. The Kier molecular flexibility index (Phi) is 4.22. The average molecular weight is 265 g/mol. The number of thiophene rings is 1. The molecule has 2 aromatic heterocycles. The normalized spacial score (nSPS) is 14.7. The fraction of sp³-hybridized carbons (Fsp3) is 0.429. The third-order valence-electron chi connectivity index (χ3n) is 3.09. The van der Waals surface area contributed by atoms with Crippen LogP contribution in [-0.4, -0.2) is 11.7 Å². The van der Waals surface area contributed by atoms with Crippen molar-refractivity contribution in [3.63, 3.8) is 0 Å². The minimum absolute atomic E-state index is 0.177. The number of aryl methyl sites for hydroxylation is 2. The number of aliphatic hydroxyl groups excluding tert-OH is 1. The van der Waals surface area contributed by atoms with Crippen molar-refractivity contribution in [3.05, 3.63) is 45.5 Å². The van der Waals surface area contributed by atoms with E-state index in [1.807, 2.05) is 36.7 Å². The van der Waals surface area contributed by atoms with Gasteiger partial charge >= 0.3 is 0 Å². The maximum Gasteiger partial charge on any atom is 0.105 e. The Morgan fingerprint density at radius 2 is 2.22 bits per heavy atom. The highest BCUT2D eigenvalue weighted by Crippen LogP contribution is 2.22. The molecule has 0 aromatic carbocycles. The van der Waals surface area contributed by atoms with Crippen LogP contribution < -0.4 is 5.32 Å². The fourth-order valence-corrected chi connectivity index (χ4v) is 2.77. The third-order valence-corrected chi connectivity index (χ3v) is 3.79. The van der Waals surface area contributed by atoms with E-state index < -0.39 is 6.10 Å². The van der Waals surface area contributed by atoms with Gasteiger partial charge in [0.15, 0.2) is 0 Å². The molecule has 98 valence electrons. The molecule has 0 saturated carbocycles. The van der Waals surface area contributed by atoms with Gasteiger partial charge in [0, 0.05) is 18.2 Å². The summed E-state index contributed by atoms with van der Waals surface area (Å²) in [5.41, 5.74) is 2.13. The van der Waals surface area contributed by atoms with E-state index in [1.165, 1.54) is 0 Å². The van der Waals surface area contributed by atoms with Crippen molar-refractivity contribution in [3.8, 4) is 0 Å². The van der Waals surface area contributed by atoms with Crippen molar-refractivity contribution in [2.75, 3.05) is 6.54 Å². The molecule has 2 atom stereocenters. The summed E-state index contributed by atoms with van der Waals surface area (Å²) in [5, 5.41) is 17.3. The summed E-state index contributed by atoms with van der Waals surface area (Å²) in [7, 11) is 0. The van der Waals surface area contributed by atoms with Gasteiger partial charge in [-0.3, -0.25) is 0 Å². The van der Waals surface area contributed by atoms with Crippen molar-refractivity contribution in [1.29, 1.82) is 0 Å². The highest BCUT2D eigenvalue weighted by atomic mass is 32.1. The molecule has 0 aliphatic heterocycles. The summed E-state index contributed by atoms with van der Waals surface area (Å²) in [6.45, 7) is 6.54. The van der Waals surface area contributed by atoms with Crippen molar-refractivity contribution < 1.29 is 9.52 Å². The highest BCUT2D eigenvalue weighted by Gasteiger charge is 2.14. The molecular formula is C14H19NO2S. The number of hydrogen-bond acceptors (Lipinski definition) is 4. The van der Waals surface area contributed by atoms with Crippen molar-refractivity contribution in [2.24, 2.45) is 0 Å². The van der Waals surface area contributed by atoms with Gasteiger partial charge in [-0.2, -0.15) is 11.3 Å². The maximum absolute atomic E-state index is 10.0. The van der Waals surface area contributed by atoms with Gasteiger partial charge in [0.25, 0.3) is 0 Å². The van der Waals surface area contributed by atoms with Crippen LogP contribution in [0.3, 0.4) is 0 Å². The van der Waals surface area contributed by atoms with Crippen LogP contribution in [0.2, 0.25) is 0 Å². The van der Waals surface area contributed by atoms with Gasteiger partial charge < -0.3 is 14.8 Å². The second kappa shape index (κ2) is 5.69. The van der Waals surface area contributed by atoms with E-state index in [9.17, 15) is 5.11 Å². The monoisotopic (exact) mass is 265 g/mol. The van der Waals surface area contributed by atoms with Crippen LogP contribution in [0.15, 0.2) is 27.3 Å². The molecule has 0 aliphatic rings. The Balaban J connectivity index is 1.92. The summed E-state index contributed by atoms with van der Waals surface area (Å²) < 4.78 is 5.51. The lowest BCUT2D eigenvalue weighted by atomic mass is 10.1. The minimum Gasteiger partial charge on any atom is -0.466 e. The summed E-state index contributed by atoms with van der Waals surface area (Å²) in [6, 6.07) is 4.18. The number of hydrogen-bond donors (Lipinski definition) is 2. The first-order chi connectivity index (χ1) is 8.58. The molecular weight excluding hydrogens is 246 g/mol. The Bertz CT molecular complexity index is 490. The summed E-state index contributed by atoms with van der Waals surface area (Å²) in [5.74, 6) is 1.87. The van der Waals surface area contributed by atoms with Gasteiger partial charge in [0.05, 0.1) is 6.10 Å². The topological polar surface area (TPSA) is 45.4 Å².